The van der Waals surface area contributed by atoms with E-state index in [0.717, 1.165) is 25.3 Å². The van der Waals surface area contributed by atoms with Crippen LogP contribution >= 0.6 is 11.6 Å². The Hall–Kier alpha value is -1.96. The number of nitrogens with one attached hydrogen (secondary N) is 1. The summed E-state index contributed by atoms with van der Waals surface area (Å²) in [7, 11) is -3.66. The molecule has 1 amide bonds. The van der Waals surface area contributed by atoms with Gasteiger partial charge in [-0.05, 0) is 55.7 Å². The first-order chi connectivity index (χ1) is 12.8. The topological polar surface area (TPSA) is 66.5 Å². The normalized spacial score (nSPS) is 15.5. The molecule has 0 aliphatic carbocycles. The van der Waals surface area contributed by atoms with E-state index in [1.165, 1.54) is 28.6 Å². The Kier molecular flexibility index (Phi) is 5.83. The third-order valence-electron chi connectivity index (χ3n) is 4.58. The Morgan fingerprint density at radius 3 is 2.52 bits per heavy atom. The van der Waals surface area contributed by atoms with Crippen LogP contribution in [0, 0.1) is 12.7 Å². The molecular weight excluding hydrogens is 391 g/mol. The number of nitrogens with zero attached hydrogens (tertiary/aromatic N) is 1. The molecule has 1 aliphatic heterocycles. The van der Waals surface area contributed by atoms with Gasteiger partial charge in [-0.3, -0.25) is 4.79 Å². The number of hydrogen-bond acceptors (Lipinski definition) is 3. The molecule has 3 rings (SSSR count). The lowest BCUT2D eigenvalue weighted by Gasteiger charge is -2.26. The number of piperidine rings is 1. The molecule has 1 aliphatic rings. The van der Waals surface area contributed by atoms with Gasteiger partial charge in [-0.2, -0.15) is 4.31 Å². The van der Waals surface area contributed by atoms with Crippen molar-refractivity contribution in [2.45, 2.75) is 31.1 Å². The lowest BCUT2D eigenvalue weighted by Crippen LogP contribution is -2.35. The number of halogens is 2. The zero-order chi connectivity index (χ0) is 19.6. The van der Waals surface area contributed by atoms with Gasteiger partial charge in [-0.1, -0.05) is 24.1 Å². The summed E-state index contributed by atoms with van der Waals surface area (Å²) < 4.78 is 41.0. The smallest absolute Gasteiger partial charge is 0.256 e. The van der Waals surface area contributed by atoms with Crippen LogP contribution in [-0.2, 0) is 10.0 Å². The van der Waals surface area contributed by atoms with Gasteiger partial charge in [0.05, 0.1) is 10.6 Å². The van der Waals surface area contributed by atoms with E-state index in [2.05, 4.69) is 5.32 Å². The molecule has 8 heteroatoms. The predicted octanol–water partition coefficient (Wildman–Crippen LogP) is 4.21. The molecule has 2 aromatic carbocycles. The van der Waals surface area contributed by atoms with Gasteiger partial charge in [0.1, 0.15) is 5.82 Å². The highest BCUT2D eigenvalue weighted by atomic mass is 35.5. The van der Waals surface area contributed by atoms with Crippen LogP contribution in [0.15, 0.2) is 41.3 Å². The van der Waals surface area contributed by atoms with Gasteiger partial charge in [0.15, 0.2) is 0 Å². The van der Waals surface area contributed by atoms with Gasteiger partial charge in [0.25, 0.3) is 5.91 Å². The van der Waals surface area contributed by atoms with Crippen molar-refractivity contribution in [2.75, 3.05) is 18.4 Å². The Bertz CT molecular complexity index is 973. The molecule has 1 N–H and O–H groups in total. The Morgan fingerprint density at radius 2 is 1.81 bits per heavy atom. The Morgan fingerprint density at radius 1 is 1.11 bits per heavy atom. The molecule has 0 aromatic heterocycles. The summed E-state index contributed by atoms with van der Waals surface area (Å²) >= 11 is 5.85. The van der Waals surface area contributed by atoms with Gasteiger partial charge in [0, 0.05) is 23.7 Å². The highest BCUT2D eigenvalue weighted by molar-refractivity contribution is 7.89. The first-order valence-corrected chi connectivity index (χ1v) is 10.5. The SMILES string of the molecule is Cc1ccc(S(=O)(=O)N2CCCCC2)cc1C(=O)Nc1cc(Cl)ccc1F. The standard InChI is InChI=1S/C19H20ClFN2O3S/c1-13-5-7-15(27(25,26)23-9-3-2-4-10-23)12-16(13)19(24)22-18-11-14(20)6-8-17(18)21/h5-8,11-12H,2-4,9-10H2,1H3,(H,22,24). The molecule has 0 unspecified atom stereocenters. The van der Waals surface area contributed by atoms with Crippen molar-refractivity contribution in [3.8, 4) is 0 Å². The van der Waals surface area contributed by atoms with Crippen LogP contribution in [0.4, 0.5) is 10.1 Å². The molecule has 0 radical (unpaired) electrons. The first-order valence-electron chi connectivity index (χ1n) is 8.66. The molecule has 144 valence electrons. The molecular formula is C19H20ClFN2O3S. The number of carbonyl (C=O) groups is 1. The average molecular weight is 411 g/mol. The molecule has 1 saturated heterocycles. The summed E-state index contributed by atoms with van der Waals surface area (Å²) in [5.41, 5.74) is 0.705. The molecule has 27 heavy (non-hydrogen) atoms. The van der Waals surface area contributed by atoms with E-state index in [0.29, 0.717) is 18.7 Å². The maximum atomic E-state index is 13.9. The second-order valence-electron chi connectivity index (χ2n) is 6.52. The third kappa shape index (κ3) is 4.31. The summed E-state index contributed by atoms with van der Waals surface area (Å²) in [4.78, 5) is 12.7. The highest BCUT2D eigenvalue weighted by Crippen LogP contribution is 2.25. The van der Waals surface area contributed by atoms with E-state index in [9.17, 15) is 17.6 Å². The lowest BCUT2D eigenvalue weighted by molar-refractivity contribution is 0.102. The number of amides is 1. The van der Waals surface area contributed by atoms with Gasteiger partial charge in [-0.25, -0.2) is 12.8 Å². The van der Waals surface area contributed by atoms with Gasteiger partial charge in [0.2, 0.25) is 10.0 Å². The maximum absolute atomic E-state index is 13.9. The summed E-state index contributed by atoms with van der Waals surface area (Å²) in [5, 5.41) is 2.74. The summed E-state index contributed by atoms with van der Waals surface area (Å²) in [6, 6.07) is 8.26. The van der Waals surface area contributed by atoms with E-state index in [1.807, 2.05) is 0 Å². The Labute approximate surface area is 163 Å². The van der Waals surface area contributed by atoms with Gasteiger partial charge < -0.3 is 5.32 Å². The van der Waals surface area contributed by atoms with E-state index in [1.54, 1.807) is 13.0 Å². The van der Waals surface area contributed by atoms with Crippen molar-refractivity contribution in [1.29, 1.82) is 0 Å². The number of sulfonamides is 1. The van der Waals surface area contributed by atoms with Crippen LogP contribution in [0.25, 0.3) is 0 Å². The summed E-state index contributed by atoms with van der Waals surface area (Å²) in [6.07, 6.45) is 2.66. The zero-order valence-electron chi connectivity index (χ0n) is 14.8. The van der Waals surface area contributed by atoms with Crippen LogP contribution in [0.2, 0.25) is 5.02 Å². The summed E-state index contributed by atoms with van der Waals surface area (Å²) in [6.45, 7) is 2.65. The van der Waals surface area contributed by atoms with Crippen LogP contribution in [-0.4, -0.2) is 31.7 Å². The van der Waals surface area contributed by atoms with E-state index in [4.69, 9.17) is 11.6 Å². The zero-order valence-corrected chi connectivity index (χ0v) is 16.4. The van der Waals surface area contributed by atoms with Crippen LogP contribution in [0.3, 0.4) is 0 Å². The van der Waals surface area contributed by atoms with Gasteiger partial charge >= 0.3 is 0 Å². The van der Waals surface area contributed by atoms with Crippen molar-refractivity contribution in [2.24, 2.45) is 0 Å². The predicted molar refractivity (Wildman–Crippen MR) is 103 cm³/mol. The van der Waals surface area contributed by atoms with Crippen LogP contribution < -0.4 is 5.32 Å². The molecule has 5 nitrogen and oxygen atoms in total. The minimum atomic E-state index is -3.66. The fraction of sp³-hybridized carbons (Fsp3) is 0.316. The van der Waals surface area contributed by atoms with Crippen molar-refractivity contribution in [1.82, 2.24) is 4.31 Å². The number of aryl methyl sites for hydroxylation is 1. The van der Waals surface area contributed by atoms with E-state index < -0.39 is 21.7 Å². The molecule has 0 saturated carbocycles. The monoisotopic (exact) mass is 410 g/mol. The molecule has 1 heterocycles. The number of carbonyl (C=O) groups excluding carboxylic acids is 1. The molecule has 1 fully saturated rings. The van der Waals surface area contributed by atoms with Gasteiger partial charge in [-0.15, -0.1) is 0 Å². The molecule has 0 atom stereocenters. The largest absolute Gasteiger partial charge is 0.319 e. The van der Waals surface area contributed by atoms with Crippen molar-refractivity contribution < 1.29 is 17.6 Å². The van der Waals surface area contributed by atoms with E-state index in [-0.39, 0.29) is 21.2 Å². The second-order valence-corrected chi connectivity index (χ2v) is 8.89. The molecule has 0 bridgehead atoms. The minimum absolute atomic E-state index is 0.0591. The van der Waals surface area contributed by atoms with Crippen molar-refractivity contribution in [3.63, 3.8) is 0 Å². The third-order valence-corrected chi connectivity index (χ3v) is 6.71. The fourth-order valence-electron chi connectivity index (χ4n) is 3.04. The Balaban J connectivity index is 1.91. The number of rotatable bonds is 4. The molecule has 0 spiro atoms. The first kappa shape index (κ1) is 19.8. The fourth-order valence-corrected chi connectivity index (χ4v) is 4.76. The quantitative estimate of drug-likeness (QED) is 0.820. The molecule has 2 aromatic rings. The number of benzene rings is 2. The van der Waals surface area contributed by atoms with Crippen LogP contribution in [0.5, 0.6) is 0 Å². The number of anilines is 1. The number of hydrogen-bond donors (Lipinski definition) is 1. The second kappa shape index (κ2) is 7.96. The summed E-state index contributed by atoms with van der Waals surface area (Å²) in [5.74, 6) is -1.22. The maximum Gasteiger partial charge on any atom is 0.256 e. The average Bonchev–Trinajstić information content (AvgIpc) is 2.65. The van der Waals surface area contributed by atoms with Crippen LogP contribution in [0.1, 0.15) is 35.2 Å². The highest BCUT2D eigenvalue weighted by Gasteiger charge is 2.27. The lowest BCUT2D eigenvalue weighted by atomic mass is 10.1. The minimum Gasteiger partial charge on any atom is -0.319 e. The van der Waals surface area contributed by atoms with Crippen molar-refractivity contribution in [3.05, 3.63) is 58.4 Å². The van der Waals surface area contributed by atoms with Crippen molar-refractivity contribution >= 4 is 33.2 Å². The van der Waals surface area contributed by atoms with E-state index >= 15 is 0 Å².